The maximum Gasteiger partial charge on any atom is 0.150 e. The number of halogens is 1. The highest BCUT2D eigenvalue weighted by molar-refractivity contribution is 7.91. The predicted molar refractivity (Wildman–Crippen MR) is 66.4 cm³/mol. The summed E-state index contributed by atoms with van der Waals surface area (Å²) in [7, 11) is -2.82. The van der Waals surface area contributed by atoms with Gasteiger partial charge in [0, 0.05) is 24.2 Å². The molecule has 0 heterocycles. The lowest BCUT2D eigenvalue weighted by molar-refractivity contribution is 0.236. The van der Waals surface area contributed by atoms with E-state index in [0.717, 1.165) is 13.1 Å². The Hall–Kier alpha value is 0.200. The van der Waals surface area contributed by atoms with E-state index in [1.807, 2.05) is 0 Å². The minimum atomic E-state index is -2.82. The van der Waals surface area contributed by atoms with Gasteiger partial charge in [0.05, 0.1) is 5.75 Å². The monoisotopic (exact) mass is 255 g/mol. The van der Waals surface area contributed by atoms with Crippen molar-refractivity contribution >= 4 is 21.4 Å². The molecule has 0 bridgehead atoms. The molecule has 0 saturated carbocycles. The fourth-order valence-corrected chi connectivity index (χ4v) is 2.44. The van der Waals surface area contributed by atoms with Gasteiger partial charge in [-0.2, -0.15) is 0 Å². The van der Waals surface area contributed by atoms with Gasteiger partial charge in [-0.25, -0.2) is 8.42 Å². The van der Waals surface area contributed by atoms with Crippen molar-refractivity contribution in [1.82, 2.24) is 4.90 Å². The Morgan fingerprint density at radius 2 is 1.87 bits per heavy atom. The first-order valence-corrected chi connectivity index (χ1v) is 7.79. The van der Waals surface area contributed by atoms with Crippen molar-refractivity contribution in [1.29, 1.82) is 0 Å². The second kappa shape index (κ2) is 7.47. The third-order valence-corrected chi connectivity index (χ3v) is 4.40. The molecule has 0 radical (unpaired) electrons. The number of sulfone groups is 1. The maximum absolute atomic E-state index is 11.3. The van der Waals surface area contributed by atoms with Crippen molar-refractivity contribution in [2.45, 2.75) is 33.2 Å². The van der Waals surface area contributed by atoms with Gasteiger partial charge in [-0.1, -0.05) is 6.92 Å². The van der Waals surface area contributed by atoms with Gasteiger partial charge in [-0.15, -0.1) is 11.6 Å². The van der Waals surface area contributed by atoms with Crippen LogP contribution in [0, 0.1) is 0 Å². The van der Waals surface area contributed by atoms with Crippen molar-refractivity contribution in [2.75, 3.05) is 30.5 Å². The van der Waals surface area contributed by atoms with Crippen molar-refractivity contribution < 1.29 is 8.42 Å². The minimum Gasteiger partial charge on any atom is -0.300 e. The van der Waals surface area contributed by atoms with Crippen molar-refractivity contribution in [3.05, 3.63) is 0 Å². The van der Waals surface area contributed by atoms with E-state index in [4.69, 9.17) is 11.6 Å². The van der Waals surface area contributed by atoms with E-state index in [1.54, 1.807) is 6.92 Å². The molecule has 0 aliphatic heterocycles. The van der Waals surface area contributed by atoms with Crippen LogP contribution in [-0.2, 0) is 9.84 Å². The second-order valence-corrected chi connectivity index (χ2v) is 6.76. The molecule has 0 aliphatic carbocycles. The normalized spacial score (nSPS) is 12.7. The summed E-state index contributed by atoms with van der Waals surface area (Å²) in [6.45, 7) is 7.52. The SMILES string of the molecule is CCS(=O)(=O)CCCN(CCCl)C(C)C. The molecule has 15 heavy (non-hydrogen) atoms. The van der Waals surface area contributed by atoms with E-state index < -0.39 is 9.84 Å². The van der Waals surface area contributed by atoms with Crippen LogP contribution in [0.1, 0.15) is 27.2 Å². The Bertz CT molecular complexity index is 252. The molecule has 5 heteroatoms. The summed E-state index contributed by atoms with van der Waals surface area (Å²) in [5, 5.41) is 0. The highest BCUT2D eigenvalue weighted by Crippen LogP contribution is 2.02. The van der Waals surface area contributed by atoms with Crippen molar-refractivity contribution in [2.24, 2.45) is 0 Å². The molecule has 0 saturated heterocycles. The van der Waals surface area contributed by atoms with E-state index in [9.17, 15) is 8.42 Å². The maximum atomic E-state index is 11.3. The van der Waals surface area contributed by atoms with Gasteiger partial charge in [0.15, 0.2) is 0 Å². The zero-order valence-corrected chi connectivity index (χ0v) is 11.4. The quantitative estimate of drug-likeness (QED) is 0.621. The zero-order valence-electron chi connectivity index (χ0n) is 9.87. The molecule has 0 fully saturated rings. The highest BCUT2D eigenvalue weighted by atomic mass is 35.5. The van der Waals surface area contributed by atoms with E-state index in [-0.39, 0.29) is 11.5 Å². The van der Waals surface area contributed by atoms with Gasteiger partial charge in [0.1, 0.15) is 9.84 Å². The average molecular weight is 256 g/mol. The van der Waals surface area contributed by atoms with Crippen molar-refractivity contribution in [3.63, 3.8) is 0 Å². The van der Waals surface area contributed by atoms with Crippen LogP contribution in [0.5, 0.6) is 0 Å². The second-order valence-electron chi connectivity index (χ2n) is 3.91. The molecule has 0 aromatic rings. The third-order valence-electron chi connectivity index (χ3n) is 2.44. The van der Waals surface area contributed by atoms with Gasteiger partial charge >= 0.3 is 0 Å². The summed E-state index contributed by atoms with van der Waals surface area (Å²) in [4.78, 5) is 2.21. The number of rotatable bonds is 8. The molecule has 0 spiro atoms. The molecular weight excluding hydrogens is 234 g/mol. The van der Waals surface area contributed by atoms with E-state index in [2.05, 4.69) is 18.7 Å². The Labute approximate surface area is 98.7 Å². The van der Waals surface area contributed by atoms with E-state index in [0.29, 0.717) is 18.3 Å². The summed E-state index contributed by atoms with van der Waals surface area (Å²) < 4.78 is 22.5. The van der Waals surface area contributed by atoms with Gasteiger partial charge in [0.2, 0.25) is 0 Å². The van der Waals surface area contributed by atoms with Gasteiger partial charge in [0.25, 0.3) is 0 Å². The van der Waals surface area contributed by atoms with Gasteiger partial charge < -0.3 is 0 Å². The van der Waals surface area contributed by atoms with Gasteiger partial charge in [-0.3, -0.25) is 4.90 Å². The summed E-state index contributed by atoms with van der Waals surface area (Å²) in [5.41, 5.74) is 0. The van der Waals surface area contributed by atoms with Crippen LogP contribution in [0.3, 0.4) is 0 Å². The first kappa shape index (κ1) is 15.2. The Balaban J connectivity index is 3.91. The lowest BCUT2D eigenvalue weighted by Gasteiger charge is -2.25. The molecule has 3 nitrogen and oxygen atoms in total. The van der Waals surface area contributed by atoms with Crippen LogP contribution in [0.25, 0.3) is 0 Å². The molecule has 0 N–H and O–H groups in total. The molecule has 0 amide bonds. The number of nitrogens with zero attached hydrogens (tertiary/aromatic N) is 1. The number of hydrogen-bond acceptors (Lipinski definition) is 3. The van der Waals surface area contributed by atoms with E-state index in [1.165, 1.54) is 0 Å². The summed E-state index contributed by atoms with van der Waals surface area (Å²) >= 11 is 5.68. The molecule has 0 aromatic carbocycles. The van der Waals surface area contributed by atoms with Crippen LogP contribution >= 0.6 is 11.6 Å². The lowest BCUT2D eigenvalue weighted by Crippen LogP contribution is -2.34. The fourth-order valence-electron chi connectivity index (χ4n) is 1.37. The van der Waals surface area contributed by atoms with Crippen LogP contribution in [0.4, 0.5) is 0 Å². The number of hydrogen-bond donors (Lipinski definition) is 0. The molecule has 0 aromatic heterocycles. The smallest absolute Gasteiger partial charge is 0.150 e. The lowest BCUT2D eigenvalue weighted by atomic mass is 10.3. The first-order chi connectivity index (χ1) is 6.93. The molecule has 0 unspecified atom stereocenters. The standard InChI is InChI=1S/C10H22ClNO2S/c1-4-15(13,14)9-5-7-12(8-6-11)10(2)3/h10H,4-9H2,1-3H3. The fraction of sp³-hybridized carbons (Fsp3) is 1.00. The molecule has 0 rings (SSSR count). The van der Waals surface area contributed by atoms with Crippen LogP contribution in [-0.4, -0.2) is 49.8 Å². The first-order valence-electron chi connectivity index (χ1n) is 5.43. The Morgan fingerprint density at radius 3 is 2.27 bits per heavy atom. The number of alkyl halides is 1. The zero-order chi connectivity index (χ0) is 11.9. The molecular formula is C10H22ClNO2S. The minimum absolute atomic E-state index is 0.240. The molecule has 92 valence electrons. The van der Waals surface area contributed by atoms with Crippen LogP contribution < -0.4 is 0 Å². The topological polar surface area (TPSA) is 37.4 Å². The summed E-state index contributed by atoms with van der Waals surface area (Å²) in [6.07, 6.45) is 0.700. The average Bonchev–Trinajstić information content (AvgIpc) is 2.16. The van der Waals surface area contributed by atoms with Crippen molar-refractivity contribution in [3.8, 4) is 0 Å². The highest BCUT2D eigenvalue weighted by Gasteiger charge is 2.11. The third kappa shape index (κ3) is 7.14. The van der Waals surface area contributed by atoms with E-state index >= 15 is 0 Å². The van der Waals surface area contributed by atoms with Crippen LogP contribution in [0.2, 0.25) is 0 Å². The summed E-state index contributed by atoms with van der Waals surface area (Å²) in [6, 6.07) is 0.424. The summed E-state index contributed by atoms with van der Waals surface area (Å²) in [5.74, 6) is 1.12. The molecule has 0 aliphatic rings. The predicted octanol–water partition coefficient (Wildman–Crippen LogP) is 1.76. The van der Waals surface area contributed by atoms with Gasteiger partial charge in [-0.05, 0) is 26.8 Å². The Kier molecular flexibility index (Phi) is 7.57. The largest absolute Gasteiger partial charge is 0.300 e. The molecule has 0 atom stereocenters. The van der Waals surface area contributed by atoms with Crippen LogP contribution in [0.15, 0.2) is 0 Å². The Morgan fingerprint density at radius 1 is 1.27 bits per heavy atom.